The Hall–Kier alpha value is -3.55. The molecule has 2 aromatic carbocycles. The number of benzene rings is 2. The van der Waals surface area contributed by atoms with Crippen LogP contribution in [-0.4, -0.2) is 49.0 Å². The first kappa shape index (κ1) is 21.3. The van der Waals surface area contributed by atoms with Gasteiger partial charge >= 0.3 is 0 Å². The Kier molecular flexibility index (Phi) is 5.90. The number of nitrogens with zero attached hydrogens (tertiary/aromatic N) is 6. The third-order valence-corrected chi connectivity index (χ3v) is 6.45. The first-order chi connectivity index (χ1) is 16.1. The van der Waals surface area contributed by atoms with Crippen LogP contribution in [0.4, 0.5) is 0 Å². The molecule has 0 bridgehead atoms. The van der Waals surface area contributed by atoms with Crippen molar-refractivity contribution in [3.63, 3.8) is 0 Å². The molecule has 33 heavy (non-hydrogen) atoms. The highest BCUT2D eigenvalue weighted by Gasteiger charge is 2.17. The van der Waals surface area contributed by atoms with E-state index in [1.54, 1.807) is 4.68 Å². The van der Waals surface area contributed by atoms with Gasteiger partial charge in [0, 0.05) is 30.6 Å². The number of hydrogen-bond acceptors (Lipinski definition) is 6. The monoisotopic (exact) mass is 444 g/mol. The molecule has 0 aliphatic carbocycles. The average Bonchev–Trinajstić information content (AvgIpc) is 3.38. The summed E-state index contributed by atoms with van der Waals surface area (Å²) in [5, 5.41) is 12.7. The van der Waals surface area contributed by atoms with E-state index in [9.17, 15) is 4.79 Å². The van der Waals surface area contributed by atoms with Gasteiger partial charge in [-0.1, -0.05) is 29.3 Å². The third-order valence-electron chi connectivity index (χ3n) is 6.45. The molecule has 0 saturated carbocycles. The van der Waals surface area contributed by atoms with Crippen molar-refractivity contribution in [1.29, 1.82) is 0 Å². The molecule has 5 rings (SSSR count). The number of likely N-dealkylation sites (tertiary alicyclic amines) is 1. The summed E-state index contributed by atoms with van der Waals surface area (Å²) < 4.78 is 7.30. The molecule has 0 radical (unpaired) electrons. The second-order valence-electron chi connectivity index (χ2n) is 8.78. The molecule has 0 unspecified atom stereocenters. The lowest BCUT2D eigenvalue weighted by Crippen LogP contribution is -2.32. The fourth-order valence-electron chi connectivity index (χ4n) is 4.29. The fraction of sp³-hybridized carbons (Fsp3) is 0.400. The average molecular weight is 445 g/mol. The SMILES string of the molecule is Cc1ccc(-c2nc(-c3ccc4c(c3)nnn4CCC(=O)N3CCCCCC3)no2)cc1C. The molecule has 0 spiro atoms. The molecule has 3 heterocycles. The van der Waals surface area contributed by atoms with Gasteiger partial charge in [0.15, 0.2) is 0 Å². The van der Waals surface area contributed by atoms with E-state index in [-0.39, 0.29) is 5.91 Å². The molecule has 8 nitrogen and oxygen atoms in total. The van der Waals surface area contributed by atoms with Crippen molar-refractivity contribution in [2.24, 2.45) is 0 Å². The maximum atomic E-state index is 12.6. The molecule has 8 heteroatoms. The topological polar surface area (TPSA) is 89.9 Å². The lowest BCUT2D eigenvalue weighted by molar-refractivity contribution is -0.131. The molecular weight excluding hydrogens is 416 g/mol. The molecule has 4 aromatic rings. The zero-order valence-corrected chi connectivity index (χ0v) is 19.1. The minimum Gasteiger partial charge on any atom is -0.343 e. The number of hydrogen-bond donors (Lipinski definition) is 0. The Morgan fingerprint density at radius 1 is 0.970 bits per heavy atom. The molecule has 170 valence electrons. The van der Waals surface area contributed by atoms with E-state index >= 15 is 0 Å². The quantitative estimate of drug-likeness (QED) is 0.448. The van der Waals surface area contributed by atoms with Crippen LogP contribution in [0, 0.1) is 13.8 Å². The number of aryl methyl sites for hydroxylation is 3. The van der Waals surface area contributed by atoms with E-state index in [0.717, 1.165) is 48.1 Å². The van der Waals surface area contributed by atoms with Crippen LogP contribution in [0.15, 0.2) is 40.9 Å². The third kappa shape index (κ3) is 4.51. The van der Waals surface area contributed by atoms with Crippen molar-refractivity contribution in [3.05, 3.63) is 47.5 Å². The first-order valence-electron chi connectivity index (χ1n) is 11.6. The van der Waals surface area contributed by atoms with Crippen LogP contribution in [0.3, 0.4) is 0 Å². The molecular formula is C25H28N6O2. The predicted molar refractivity (Wildman–Crippen MR) is 125 cm³/mol. The molecule has 1 fully saturated rings. The van der Waals surface area contributed by atoms with E-state index in [2.05, 4.69) is 40.4 Å². The van der Waals surface area contributed by atoms with Crippen molar-refractivity contribution >= 4 is 16.9 Å². The van der Waals surface area contributed by atoms with Crippen molar-refractivity contribution in [2.75, 3.05) is 13.1 Å². The van der Waals surface area contributed by atoms with E-state index in [0.29, 0.717) is 24.7 Å². The highest BCUT2D eigenvalue weighted by molar-refractivity contribution is 5.80. The van der Waals surface area contributed by atoms with Gasteiger partial charge in [-0.25, -0.2) is 4.68 Å². The maximum Gasteiger partial charge on any atom is 0.258 e. The Morgan fingerprint density at radius 2 is 1.76 bits per heavy atom. The van der Waals surface area contributed by atoms with Gasteiger partial charge in [-0.3, -0.25) is 4.79 Å². The van der Waals surface area contributed by atoms with Crippen LogP contribution in [0.5, 0.6) is 0 Å². The van der Waals surface area contributed by atoms with Crippen LogP contribution in [0.1, 0.15) is 43.2 Å². The zero-order valence-electron chi connectivity index (χ0n) is 19.1. The van der Waals surface area contributed by atoms with Crippen LogP contribution >= 0.6 is 0 Å². The van der Waals surface area contributed by atoms with Crippen molar-refractivity contribution in [3.8, 4) is 22.8 Å². The standard InChI is InChI=1S/C25H28N6O2/c1-17-7-8-20(15-18(17)2)25-26-24(28-33-25)19-9-10-22-21(16-19)27-29-31(22)14-11-23(32)30-12-5-3-4-6-13-30/h7-10,15-16H,3-6,11-14H2,1-2H3. The number of carbonyl (C=O) groups is 1. The molecule has 1 aliphatic heterocycles. The van der Waals surface area contributed by atoms with Crippen LogP contribution in [0.2, 0.25) is 0 Å². The largest absolute Gasteiger partial charge is 0.343 e. The van der Waals surface area contributed by atoms with E-state index < -0.39 is 0 Å². The Balaban J connectivity index is 1.30. The summed E-state index contributed by atoms with van der Waals surface area (Å²) in [7, 11) is 0. The van der Waals surface area contributed by atoms with Crippen LogP contribution in [0.25, 0.3) is 33.9 Å². The molecule has 1 amide bonds. The normalized spacial score (nSPS) is 14.5. The smallest absolute Gasteiger partial charge is 0.258 e. The summed E-state index contributed by atoms with van der Waals surface area (Å²) in [6, 6.07) is 11.9. The van der Waals surface area contributed by atoms with Gasteiger partial charge in [0.2, 0.25) is 11.7 Å². The molecule has 1 aliphatic rings. The summed E-state index contributed by atoms with van der Waals surface area (Å²) in [5.74, 6) is 1.20. The summed E-state index contributed by atoms with van der Waals surface area (Å²) >= 11 is 0. The van der Waals surface area contributed by atoms with E-state index in [4.69, 9.17) is 4.52 Å². The van der Waals surface area contributed by atoms with Crippen molar-refractivity contribution < 1.29 is 9.32 Å². The van der Waals surface area contributed by atoms with Gasteiger partial charge in [-0.2, -0.15) is 4.98 Å². The number of amides is 1. The minimum absolute atomic E-state index is 0.197. The summed E-state index contributed by atoms with van der Waals surface area (Å²) in [5.41, 5.74) is 5.75. The zero-order chi connectivity index (χ0) is 22.8. The minimum atomic E-state index is 0.197. The van der Waals surface area contributed by atoms with Gasteiger partial charge in [-0.05, 0) is 68.1 Å². The molecule has 2 aromatic heterocycles. The Morgan fingerprint density at radius 3 is 2.55 bits per heavy atom. The molecule has 0 atom stereocenters. The van der Waals surface area contributed by atoms with Gasteiger partial charge in [-0.15, -0.1) is 5.10 Å². The van der Waals surface area contributed by atoms with Gasteiger partial charge in [0.05, 0.1) is 12.1 Å². The molecule has 0 N–H and O–H groups in total. The predicted octanol–water partition coefficient (Wildman–Crippen LogP) is 4.56. The van der Waals surface area contributed by atoms with Crippen LogP contribution in [-0.2, 0) is 11.3 Å². The molecule has 1 saturated heterocycles. The Labute approximate surface area is 192 Å². The van der Waals surface area contributed by atoms with Gasteiger partial charge in [0.1, 0.15) is 5.52 Å². The lowest BCUT2D eigenvalue weighted by Gasteiger charge is -2.20. The second-order valence-corrected chi connectivity index (χ2v) is 8.78. The van der Waals surface area contributed by atoms with Crippen molar-refractivity contribution in [1.82, 2.24) is 30.0 Å². The summed E-state index contributed by atoms with van der Waals surface area (Å²) in [6.07, 6.45) is 5.06. The van der Waals surface area contributed by atoms with E-state index in [1.165, 1.54) is 24.0 Å². The lowest BCUT2D eigenvalue weighted by atomic mass is 10.1. The number of fused-ring (bicyclic) bond motifs is 1. The summed E-state index contributed by atoms with van der Waals surface area (Å²) in [6.45, 7) is 6.40. The maximum absolute atomic E-state index is 12.6. The Bertz CT molecular complexity index is 1280. The van der Waals surface area contributed by atoms with E-state index in [1.807, 2.05) is 35.2 Å². The number of rotatable bonds is 5. The fourth-order valence-corrected chi connectivity index (χ4v) is 4.29. The summed E-state index contributed by atoms with van der Waals surface area (Å²) in [4.78, 5) is 19.2. The highest BCUT2D eigenvalue weighted by atomic mass is 16.5. The number of carbonyl (C=O) groups excluding carboxylic acids is 1. The van der Waals surface area contributed by atoms with Crippen molar-refractivity contribution in [2.45, 2.75) is 52.5 Å². The van der Waals surface area contributed by atoms with Gasteiger partial charge in [0.25, 0.3) is 5.89 Å². The van der Waals surface area contributed by atoms with Gasteiger partial charge < -0.3 is 9.42 Å². The second kappa shape index (κ2) is 9.13. The highest BCUT2D eigenvalue weighted by Crippen LogP contribution is 2.26. The first-order valence-corrected chi connectivity index (χ1v) is 11.6. The number of aromatic nitrogens is 5. The van der Waals surface area contributed by atoms with Crippen LogP contribution < -0.4 is 0 Å².